The number of rotatable bonds is 7. The predicted octanol–water partition coefficient (Wildman–Crippen LogP) is 5.76. The van der Waals surface area contributed by atoms with E-state index in [1.807, 2.05) is 26.0 Å². The van der Waals surface area contributed by atoms with Crippen molar-refractivity contribution in [1.82, 2.24) is 0 Å². The number of benzene rings is 3. The highest BCUT2D eigenvalue weighted by Gasteiger charge is 2.32. The lowest BCUT2D eigenvalue weighted by Gasteiger charge is -2.10. The lowest BCUT2D eigenvalue weighted by molar-refractivity contribution is 0.104. The summed E-state index contributed by atoms with van der Waals surface area (Å²) in [6, 6.07) is 20.7. The molecule has 0 aliphatic rings. The van der Waals surface area contributed by atoms with Gasteiger partial charge in [0.15, 0.2) is 0 Å². The molecule has 34 heavy (non-hydrogen) atoms. The summed E-state index contributed by atoms with van der Waals surface area (Å²) in [5.74, 6) is 0.357. The summed E-state index contributed by atoms with van der Waals surface area (Å²) < 4.78 is 32.4. The third kappa shape index (κ3) is 4.42. The quantitative estimate of drug-likeness (QED) is 0.318. The van der Waals surface area contributed by atoms with Crippen molar-refractivity contribution in [2.24, 2.45) is 0 Å². The molecule has 0 saturated carbocycles. The lowest BCUT2D eigenvalue weighted by Crippen LogP contribution is -2.09. The third-order valence-electron chi connectivity index (χ3n) is 5.41. The average molecular weight is 493 g/mol. The number of thiophene rings is 1. The van der Waals surface area contributed by atoms with Crippen molar-refractivity contribution in [2.75, 3.05) is 18.2 Å². The van der Waals surface area contributed by atoms with Gasteiger partial charge in [-0.25, -0.2) is 8.42 Å². The number of anilines is 3. The zero-order valence-electron chi connectivity index (χ0n) is 19.0. The molecule has 0 atom stereocenters. The molecule has 0 amide bonds. The highest BCUT2D eigenvalue weighted by molar-refractivity contribution is 7.92. The van der Waals surface area contributed by atoms with E-state index < -0.39 is 9.84 Å². The van der Waals surface area contributed by atoms with E-state index in [4.69, 9.17) is 10.5 Å². The Bertz CT molecular complexity index is 1460. The molecule has 0 spiro atoms. The van der Waals surface area contributed by atoms with Crippen LogP contribution < -0.4 is 15.8 Å². The van der Waals surface area contributed by atoms with Crippen LogP contribution in [0.1, 0.15) is 26.4 Å². The van der Waals surface area contributed by atoms with Gasteiger partial charge in [-0.3, -0.25) is 4.79 Å². The number of nitrogen functional groups attached to an aromatic ring is 1. The highest BCUT2D eigenvalue weighted by atomic mass is 32.2. The van der Waals surface area contributed by atoms with Gasteiger partial charge in [-0.2, -0.15) is 0 Å². The molecule has 4 rings (SSSR count). The van der Waals surface area contributed by atoms with Crippen molar-refractivity contribution in [2.45, 2.75) is 23.6 Å². The topological polar surface area (TPSA) is 98.5 Å². The summed E-state index contributed by atoms with van der Waals surface area (Å²) in [4.78, 5) is 13.7. The van der Waals surface area contributed by atoms with Crippen molar-refractivity contribution >= 4 is 43.3 Å². The van der Waals surface area contributed by atoms with E-state index in [0.29, 0.717) is 17.0 Å². The maximum Gasteiger partial charge on any atom is 0.211 e. The minimum atomic E-state index is -4.00. The number of hydrogen-bond donors (Lipinski definition) is 2. The summed E-state index contributed by atoms with van der Waals surface area (Å²) >= 11 is 1.03. The molecule has 4 aromatic rings. The number of ketones is 1. The molecule has 0 radical (unpaired) electrons. The second-order valence-electron chi connectivity index (χ2n) is 7.82. The first-order valence-electron chi connectivity index (χ1n) is 10.5. The van der Waals surface area contributed by atoms with Crippen molar-refractivity contribution in [3.63, 3.8) is 0 Å². The Kier molecular flexibility index (Phi) is 6.45. The molecule has 0 fully saturated rings. The van der Waals surface area contributed by atoms with Crippen LogP contribution in [0.5, 0.6) is 5.75 Å². The van der Waals surface area contributed by atoms with E-state index in [0.717, 1.165) is 22.5 Å². The number of nitrogens with one attached hydrogen (secondary N) is 1. The number of methoxy groups -OCH3 is 1. The molecule has 0 aliphatic heterocycles. The summed E-state index contributed by atoms with van der Waals surface area (Å²) in [7, 11) is -2.43. The zero-order valence-corrected chi connectivity index (χ0v) is 20.6. The molecule has 1 heterocycles. The summed E-state index contributed by atoms with van der Waals surface area (Å²) in [5, 5.41) is 3.42. The van der Waals surface area contributed by atoms with Crippen LogP contribution in [0.4, 0.5) is 16.4 Å². The maximum absolute atomic E-state index is 13.6. The van der Waals surface area contributed by atoms with Crippen molar-refractivity contribution in [1.29, 1.82) is 0 Å². The molecule has 8 heteroatoms. The van der Waals surface area contributed by atoms with Gasteiger partial charge in [0.25, 0.3) is 0 Å². The molecule has 174 valence electrons. The Hall–Kier alpha value is -3.62. The number of nitrogens with two attached hydrogens (primary N) is 1. The first-order chi connectivity index (χ1) is 16.2. The van der Waals surface area contributed by atoms with Gasteiger partial charge in [0, 0.05) is 11.3 Å². The van der Waals surface area contributed by atoms with Crippen LogP contribution in [0, 0.1) is 13.8 Å². The molecule has 0 aliphatic carbocycles. The highest BCUT2D eigenvalue weighted by Crippen LogP contribution is 2.44. The first-order valence-corrected chi connectivity index (χ1v) is 12.8. The van der Waals surface area contributed by atoms with E-state index in [9.17, 15) is 13.2 Å². The fourth-order valence-electron chi connectivity index (χ4n) is 3.57. The lowest BCUT2D eigenvalue weighted by atomic mass is 10.0. The molecule has 6 nitrogen and oxygen atoms in total. The minimum absolute atomic E-state index is 0.0595. The van der Waals surface area contributed by atoms with Crippen molar-refractivity contribution in [3.05, 3.63) is 94.4 Å². The van der Waals surface area contributed by atoms with Crippen LogP contribution in [0.3, 0.4) is 0 Å². The molecule has 3 aromatic carbocycles. The van der Waals surface area contributed by atoms with Crippen LogP contribution in [0.2, 0.25) is 0 Å². The van der Waals surface area contributed by atoms with Crippen molar-refractivity contribution < 1.29 is 17.9 Å². The van der Waals surface area contributed by atoms with Gasteiger partial charge in [0.1, 0.15) is 20.5 Å². The molecule has 0 unspecified atom stereocenters. The van der Waals surface area contributed by atoms with E-state index >= 15 is 0 Å². The molecule has 3 N–H and O–H groups in total. The largest absolute Gasteiger partial charge is 0.497 e. The maximum atomic E-state index is 13.6. The van der Waals surface area contributed by atoms with Gasteiger partial charge in [0.2, 0.25) is 15.6 Å². The molecular weight excluding hydrogens is 468 g/mol. The number of ether oxygens (including phenoxy) is 1. The van der Waals surface area contributed by atoms with Gasteiger partial charge in [-0.05, 0) is 61.9 Å². The minimum Gasteiger partial charge on any atom is -0.497 e. The van der Waals surface area contributed by atoms with Crippen LogP contribution in [-0.2, 0) is 9.84 Å². The SMILES string of the molecule is COc1ccc(Nc2sc(C(=O)c3cc(C)ccc3C)c(N)c2S(=O)(=O)c2ccccc2)cc1. The predicted molar refractivity (Wildman–Crippen MR) is 136 cm³/mol. The second-order valence-corrected chi connectivity index (χ2v) is 10.7. The average Bonchev–Trinajstić information content (AvgIpc) is 3.17. The van der Waals surface area contributed by atoms with Crippen LogP contribution in [0.25, 0.3) is 0 Å². The summed E-state index contributed by atoms with van der Waals surface area (Å²) in [6.07, 6.45) is 0. The molecule has 0 bridgehead atoms. The molecule has 1 aromatic heterocycles. The van der Waals surface area contributed by atoms with Gasteiger partial charge in [0.05, 0.1) is 17.7 Å². The first kappa shape index (κ1) is 23.5. The van der Waals surface area contributed by atoms with Crippen LogP contribution >= 0.6 is 11.3 Å². The number of sulfone groups is 1. The Morgan fingerprint density at radius 1 is 0.971 bits per heavy atom. The Morgan fingerprint density at radius 3 is 2.29 bits per heavy atom. The van der Waals surface area contributed by atoms with Gasteiger partial charge < -0.3 is 15.8 Å². The Labute approximate surface area is 202 Å². The second kappa shape index (κ2) is 9.32. The number of aryl methyl sites for hydroxylation is 2. The van der Waals surface area contributed by atoms with Gasteiger partial charge >= 0.3 is 0 Å². The fraction of sp³-hybridized carbons (Fsp3) is 0.115. The Balaban J connectivity index is 1.88. The van der Waals surface area contributed by atoms with E-state index in [-0.39, 0.29) is 31.1 Å². The number of carbonyl (C=O) groups excluding carboxylic acids is 1. The fourth-order valence-corrected chi connectivity index (χ4v) is 6.52. The molecule has 0 saturated heterocycles. The van der Waals surface area contributed by atoms with Crippen molar-refractivity contribution in [3.8, 4) is 5.75 Å². The summed E-state index contributed by atoms with van der Waals surface area (Å²) in [5.41, 5.74) is 9.19. The zero-order chi connectivity index (χ0) is 24.5. The van der Waals surface area contributed by atoms with Crippen LogP contribution in [0.15, 0.2) is 82.6 Å². The third-order valence-corrected chi connectivity index (χ3v) is 8.52. The summed E-state index contributed by atoms with van der Waals surface area (Å²) in [6.45, 7) is 3.74. The van der Waals surface area contributed by atoms with Crippen LogP contribution in [-0.4, -0.2) is 21.3 Å². The normalized spacial score (nSPS) is 11.3. The Morgan fingerprint density at radius 2 is 1.65 bits per heavy atom. The smallest absolute Gasteiger partial charge is 0.211 e. The van der Waals surface area contributed by atoms with E-state index in [2.05, 4.69) is 5.32 Å². The standard InChI is InChI=1S/C26H24N2O4S2/c1-16-9-10-17(2)21(15-16)23(29)24-22(27)25(34(30,31)20-7-5-4-6-8-20)26(33-24)28-18-11-13-19(32-3)14-12-18/h4-15,28H,27H2,1-3H3. The van der Waals surface area contributed by atoms with Gasteiger partial charge in [-0.15, -0.1) is 11.3 Å². The monoisotopic (exact) mass is 492 g/mol. The number of hydrogen-bond acceptors (Lipinski definition) is 7. The van der Waals surface area contributed by atoms with E-state index in [1.54, 1.807) is 55.6 Å². The molecular formula is C26H24N2O4S2. The van der Waals surface area contributed by atoms with Gasteiger partial charge in [-0.1, -0.05) is 35.9 Å². The van der Waals surface area contributed by atoms with E-state index in [1.165, 1.54) is 12.1 Å². The number of carbonyl (C=O) groups is 1.